The zero-order chi connectivity index (χ0) is 10.8. The third-order valence-electron chi connectivity index (χ3n) is 3.06. The van der Waals surface area contributed by atoms with Gasteiger partial charge >= 0.3 is 0 Å². The smallest absolute Gasteiger partial charge is 0.242 e. The predicted molar refractivity (Wildman–Crippen MR) is 58.2 cm³/mol. The first-order chi connectivity index (χ1) is 6.49. The van der Waals surface area contributed by atoms with Crippen molar-refractivity contribution in [3.05, 3.63) is 0 Å². The highest BCUT2D eigenvalue weighted by atomic mass is 16.2. The van der Waals surface area contributed by atoms with E-state index in [1.807, 2.05) is 18.7 Å². The van der Waals surface area contributed by atoms with Crippen molar-refractivity contribution in [2.24, 2.45) is 0 Å². The Hall–Kier alpha value is -0.570. The molecule has 1 unspecified atom stereocenters. The van der Waals surface area contributed by atoms with Crippen molar-refractivity contribution >= 4 is 5.91 Å². The van der Waals surface area contributed by atoms with Gasteiger partial charge in [-0.05, 0) is 40.2 Å². The van der Waals surface area contributed by atoms with Gasteiger partial charge in [0, 0.05) is 12.6 Å². The van der Waals surface area contributed by atoms with E-state index >= 15 is 0 Å². The minimum atomic E-state index is -0.389. The van der Waals surface area contributed by atoms with Crippen LogP contribution in [0.5, 0.6) is 0 Å². The minimum Gasteiger partial charge on any atom is -0.338 e. The number of nitrogens with zero attached hydrogens (tertiary/aromatic N) is 1. The second-order valence-electron chi connectivity index (χ2n) is 4.66. The standard InChI is InChI=1S/C11H22N2O/c1-5-9(2)13-8-6-7-12-11(3,4)10(13)14/h9,12H,5-8H2,1-4H3. The summed E-state index contributed by atoms with van der Waals surface area (Å²) in [6.07, 6.45) is 2.08. The van der Waals surface area contributed by atoms with E-state index < -0.39 is 0 Å². The molecule has 0 aromatic rings. The van der Waals surface area contributed by atoms with Crippen LogP contribution >= 0.6 is 0 Å². The predicted octanol–water partition coefficient (Wildman–Crippen LogP) is 1.39. The Morgan fingerprint density at radius 1 is 1.57 bits per heavy atom. The molecule has 3 heteroatoms. The van der Waals surface area contributed by atoms with Crippen LogP contribution in [0.2, 0.25) is 0 Å². The highest BCUT2D eigenvalue weighted by Crippen LogP contribution is 2.16. The molecule has 1 aliphatic rings. The first kappa shape index (κ1) is 11.5. The van der Waals surface area contributed by atoms with E-state index in [1.165, 1.54) is 0 Å². The summed E-state index contributed by atoms with van der Waals surface area (Å²) in [4.78, 5) is 14.1. The molecule has 1 aliphatic heterocycles. The Bertz CT molecular complexity index is 213. The first-order valence-electron chi connectivity index (χ1n) is 5.55. The van der Waals surface area contributed by atoms with Crippen molar-refractivity contribution < 1.29 is 4.79 Å². The van der Waals surface area contributed by atoms with Gasteiger partial charge in [-0.1, -0.05) is 6.92 Å². The molecule has 1 N–H and O–H groups in total. The molecule has 0 aliphatic carbocycles. The number of rotatable bonds is 2. The first-order valence-corrected chi connectivity index (χ1v) is 5.55. The maximum absolute atomic E-state index is 12.1. The average molecular weight is 198 g/mol. The quantitative estimate of drug-likeness (QED) is 0.727. The molecule has 1 saturated heterocycles. The summed E-state index contributed by atoms with van der Waals surface area (Å²) in [7, 11) is 0. The summed E-state index contributed by atoms with van der Waals surface area (Å²) >= 11 is 0. The monoisotopic (exact) mass is 198 g/mol. The minimum absolute atomic E-state index is 0.240. The number of carbonyl (C=O) groups excluding carboxylic acids is 1. The van der Waals surface area contributed by atoms with Crippen LogP contribution in [0.3, 0.4) is 0 Å². The van der Waals surface area contributed by atoms with Gasteiger partial charge in [0.15, 0.2) is 0 Å². The highest BCUT2D eigenvalue weighted by molar-refractivity contribution is 5.86. The molecule has 1 heterocycles. The van der Waals surface area contributed by atoms with E-state index in [1.54, 1.807) is 0 Å². The normalized spacial score (nSPS) is 24.6. The molecule has 0 aromatic heterocycles. The summed E-state index contributed by atoms with van der Waals surface area (Å²) in [6.45, 7) is 10.0. The van der Waals surface area contributed by atoms with Crippen LogP contribution in [0.25, 0.3) is 0 Å². The molecule has 0 saturated carbocycles. The van der Waals surface area contributed by atoms with Crippen molar-refractivity contribution in [3.8, 4) is 0 Å². The van der Waals surface area contributed by atoms with Crippen LogP contribution in [0.15, 0.2) is 0 Å². The summed E-state index contributed by atoms with van der Waals surface area (Å²) < 4.78 is 0. The molecule has 1 atom stereocenters. The summed E-state index contributed by atoms with van der Waals surface area (Å²) in [6, 6.07) is 0.363. The van der Waals surface area contributed by atoms with Gasteiger partial charge < -0.3 is 10.2 Å². The molecule has 0 radical (unpaired) electrons. The summed E-state index contributed by atoms with van der Waals surface area (Å²) in [5.74, 6) is 0.240. The SMILES string of the molecule is CCC(C)N1CCCNC(C)(C)C1=O. The van der Waals surface area contributed by atoms with Crippen LogP contribution < -0.4 is 5.32 Å². The molecular formula is C11H22N2O. The second kappa shape index (κ2) is 4.30. The zero-order valence-electron chi connectivity index (χ0n) is 9.76. The van der Waals surface area contributed by atoms with Gasteiger partial charge in [0.2, 0.25) is 5.91 Å². The van der Waals surface area contributed by atoms with E-state index in [9.17, 15) is 4.79 Å². The van der Waals surface area contributed by atoms with Crippen LogP contribution in [0, 0.1) is 0 Å². The van der Waals surface area contributed by atoms with Crippen LogP contribution in [0.4, 0.5) is 0 Å². The third kappa shape index (κ3) is 2.27. The van der Waals surface area contributed by atoms with Gasteiger partial charge in [-0.2, -0.15) is 0 Å². The fourth-order valence-corrected chi connectivity index (χ4v) is 1.83. The molecule has 1 rings (SSSR count). The van der Waals surface area contributed by atoms with E-state index in [4.69, 9.17) is 0 Å². The molecule has 82 valence electrons. The van der Waals surface area contributed by atoms with E-state index in [0.29, 0.717) is 6.04 Å². The molecular weight excluding hydrogens is 176 g/mol. The third-order valence-corrected chi connectivity index (χ3v) is 3.06. The highest BCUT2D eigenvalue weighted by Gasteiger charge is 2.34. The molecule has 0 aromatic carbocycles. The Morgan fingerprint density at radius 3 is 2.79 bits per heavy atom. The molecule has 1 fully saturated rings. The average Bonchev–Trinajstić information content (AvgIpc) is 2.27. The van der Waals surface area contributed by atoms with Crippen molar-refractivity contribution in [1.29, 1.82) is 0 Å². The van der Waals surface area contributed by atoms with Crippen LogP contribution in [-0.4, -0.2) is 35.5 Å². The van der Waals surface area contributed by atoms with Crippen LogP contribution in [-0.2, 0) is 4.79 Å². The van der Waals surface area contributed by atoms with Gasteiger partial charge in [0.1, 0.15) is 0 Å². The number of hydrogen-bond acceptors (Lipinski definition) is 2. The van der Waals surface area contributed by atoms with Crippen molar-refractivity contribution in [2.75, 3.05) is 13.1 Å². The molecule has 0 bridgehead atoms. The van der Waals surface area contributed by atoms with Crippen molar-refractivity contribution in [1.82, 2.24) is 10.2 Å². The van der Waals surface area contributed by atoms with Gasteiger partial charge in [0.25, 0.3) is 0 Å². The topological polar surface area (TPSA) is 32.3 Å². The Labute approximate surface area is 86.9 Å². The maximum atomic E-state index is 12.1. The van der Waals surface area contributed by atoms with Crippen molar-refractivity contribution in [2.45, 2.75) is 52.1 Å². The summed E-state index contributed by atoms with van der Waals surface area (Å²) in [5, 5.41) is 3.29. The number of carbonyl (C=O) groups is 1. The molecule has 3 nitrogen and oxygen atoms in total. The molecule has 0 spiro atoms. The Morgan fingerprint density at radius 2 is 2.21 bits per heavy atom. The van der Waals surface area contributed by atoms with E-state index in [2.05, 4.69) is 19.2 Å². The van der Waals surface area contributed by atoms with E-state index in [-0.39, 0.29) is 11.4 Å². The Kier molecular flexibility index (Phi) is 3.53. The zero-order valence-corrected chi connectivity index (χ0v) is 9.76. The summed E-state index contributed by atoms with van der Waals surface area (Å²) in [5.41, 5.74) is -0.389. The van der Waals surface area contributed by atoms with Crippen LogP contribution in [0.1, 0.15) is 40.5 Å². The van der Waals surface area contributed by atoms with Gasteiger partial charge in [0.05, 0.1) is 5.54 Å². The van der Waals surface area contributed by atoms with Gasteiger partial charge in [-0.25, -0.2) is 0 Å². The lowest BCUT2D eigenvalue weighted by Crippen LogP contribution is -2.53. The number of hydrogen-bond donors (Lipinski definition) is 1. The second-order valence-corrected chi connectivity index (χ2v) is 4.66. The lowest BCUT2D eigenvalue weighted by molar-refractivity contribution is -0.138. The fourth-order valence-electron chi connectivity index (χ4n) is 1.83. The lowest BCUT2D eigenvalue weighted by Gasteiger charge is -2.33. The van der Waals surface area contributed by atoms with Gasteiger partial charge in [-0.3, -0.25) is 4.79 Å². The van der Waals surface area contributed by atoms with Gasteiger partial charge in [-0.15, -0.1) is 0 Å². The number of amides is 1. The maximum Gasteiger partial charge on any atom is 0.242 e. The fraction of sp³-hybridized carbons (Fsp3) is 0.909. The largest absolute Gasteiger partial charge is 0.338 e. The van der Waals surface area contributed by atoms with Crippen molar-refractivity contribution in [3.63, 3.8) is 0 Å². The number of nitrogens with one attached hydrogen (secondary N) is 1. The molecule has 14 heavy (non-hydrogen) atoms. The molecule has 1 amide bonds. The lowest BCUT2D eigenvalue weighted by atomic mass is 10.0. The van der Waals surface area contributed by atoms with E-state index in [0.717, 1.165) is 25.9 Å². The Balaban J connectivity index is 2.79.